The maximum atomic E-state index is 12.7. The fourth-order valence-electron chi connectivity index (χ4n) is 2.37. The molecule has 3 rings (SSSR count). The average Bonchev–Trinajstić information content (AvgIpc) is 2.94. The second kappa shape index (κ2) is 7.36. The van der Waals surface area contributed by atoms with Gasteiger partial charge >= 0.3 is 6.18 Å². The summed E-state index contributed by atoms with van der Waals surface area (Å²) in [5.41, 5.74) is 6.82. The van der Waals surface area contributed by atoms with Crippen molar-refractivity contribution in [2.45, 2.75) is 35.0 Å². The summed E-state index contributed by atoms with van der Waals surface area (Å²) in [6.45, 7) is 1.88. The molecule has 3 aromatic heterocycles. The first-order chi connectivity index (χ1) is 12.2. The van der Waals surface area contributed by atoms with E-state index < -0.39 is 12.6 Å². The molecular formula is C16H15F3N4OS2. The number of alkyl halides is 3. The highest BCUT2D eigenvalue weighted by atomic mass is 32.2. The van der Waals surface area contributed by atoms with Crippen molar-refractivity contribution in [2.75, 3.05) is 12.0 Å². The van der Waals surface area contributed by atoms with Gasteiger partial charge in [-0.25, -0.2) is 9.97 Å². The molecule has 138 valence electrons. The number of hydrogen-bond donors (Lipinski definition) is 1. The molecule has 1 unspecified atom stereocenters. The van der Waals surface area contributed by atoms with Crippen molar-refractivity contribution in [2.24, 2.45) is 0 Å². The standard InChI is InChI=1S/C16H15F3N4OS2/c1-8(26-15-22-13(20)4-14(23-15)25-2)11-3-10-9(5-16(17,18)19)7-24-12(10)6-21-11/h3-4,6-8H,5H2,1-2H3,(H2,20,22,23). The van der Waals surface area contributed by atoms with Crippen LogP contribution in [0.2, 0.25) is 0 Å². The molecule has 2 N–H and O–H groups in total. The van der Waals surface area contributed by atoms with Gasteiger partial charge in [-0.05, 0) is 19.2 Å². The monoisotopic (exact) mass is 400 g/mol. The topological polar surface area (TPSA) is 77.8 Å². The van der Waals surface area contributed by atoms with E-state index >= 15 is 0 Å². The van der Waals surface area contributed by atoms with Crippen molar-refractivity contribution in [1.29, 1.82) is 0 Å². The van der Waals surface area contributed by atoms with Gasteiger partial charge in [-0.15, -0.1) is 11.8 Å². The first-order valence-corrected chi connectivity index (χ1v) is 9.63. The van der Waals surface area contributed by atoms with Gasteiger partial charge in [-0.1, -0.05) is 11.8 Å². The first-order valence-electron chi connectivity index (χ1n) is 7.53. The summed E-state index contributed by atoms with van der Waals surface area (Å²) < 4.78 is 43.3. The molecule has 10 heteroatoms. The molecule has 0 aliphatic carbocycles. The van der Waals surface area contributed by atoms with Crippen molar-refractivity contribution >= 4 is 40.3 Å². The Bertz CT molecular complexity index is 929. The van der Waals surface area contributed by atoms with Crippen LogP contribution in [-0.2, 0) is 6.42 Å². The lowest BCUT2D eigenvalue weighted by atomic mass is 10.1. The van der Waals surface area contributed by atoms with E-state index in [9.17, 15) is 13.2 Å². The number of pyridine rings is 1. The van der Waals surface area contributed by atoms with E-state index in [4.69, 9.17) is 10.2 Å². The van der Waals surface area contributed by atoms with E-state index in [0.29, 0.717) is 27.6 Å². The second-order valence-corrected chi connectivity index (χ2v) is 7.67. The summed E-state index contributed by atoms with van der Waals surface area (Å²) in [6.07, 6.45) is -0.886. The van der Waals surface area contributed by atoms with E-state index in [1.807, 2.05) is 13.2 Å². The molecule has 0 amide bonds. The van der Waals surface area contributed by atoms with Crippen LogP contribution in [0.5, 0.6) is 0 Å². The average molecular weight is 400 g/mol. The third-order valence-electron chi connectivity index (χ3n) is 3.56. The summed E-state index contributed by atoms with van der Waals surface area (Å²) in [5, 5.41) is 1.48. The largest absolute Gasteiger partial charge is 0.462 e. The zero-order valence-electron chi connectivity index (χ0n) is 13.9. The number of anilines is 1. The Balaban J connectivity index is 1.87. The molecule has 26 heavy (non-hydrogen) atoms. The molecule has 0 saturated carbocycles. The number of nitrogens with two attached hydrogens (primary N) is 1. The van der Waals surface area contributed by atoms with Crippen LogP contribution < -0.4 is 5.73 Å². The van der Waals surface area contributed by atoms with Gasteiger partial charge in [0.25, 0.3) is 0 Å². The highest BCUT2D eigenvalue weighted by molar-refractivity contribution is 7.99. The number of nitrogen functional groups attached to an aromatic ring is 1. The second-order valence-electron chi connectivity index (χ2n) is 5.54. The smallest absolute Gasteiger partial charge is 0.393 e. The minimum Gasteiger partial charge on any atom is -0.462 e. The van der Waals surface area contributed by atoms with Gasteiger partial charge in [0.15, 0.2) is 10.7 Å². The molecule has 0 bridgehead atoms. The van der Waals surface area contributed by atoms with Crippen molar-refractivity contribution in [3.63, 3.8) is 0 Å². The Labute approximate surface area is 156 Å². The van der Waals surface area contributed by atoms with Crippen LogP contribution in [0, 0.1) is 0 Å². The number of thioether (sulfide) groups is 2. The number of halogens is 3. The van der Waals surface area contributed by atoms with Gasteiger partial charge in [-0.2, -0.15) is 13.2 Å². The maximum absolute atomic E-state index is 12.7. The number of rotatable bonds is 5. The Morgan fingerprint density at radius 1 is 1.27 bits per heavy atom. The SMILES string of the molecule is CSc1cc(N)nc(SC(C)c2cc3c(CC(F)(F)F)coc3cn2)n1. The van der Waals surface area contributed by atoms with E-state index in [1.54, 1.807) is 12.1 Å². The Kier molecular flexibility index (Phi) is 5.33. The Morgan fingerprint density at radius 3 is 2.73 bits per heavy atom. The lowest BCUT2D eigenvalue weighted by Crippen LogP contribution is -2.11. The van der Waals surface area contributed by atoms with Gasteiger partial charge in [0.05, 0.1) is 29.8 Å². The van der Waals surface area contributed by atoms with Crippen LogP contribution >= 0.6 is 23.5 Å². The molecule has 0 aromatic carbocycles. The molecule has 0 saturated heterocycles. The molecule has 0 spiro atoms. The molecular weight excluding hydrogens is 385 g/mol. The van der Waals surface area contributed by atoms with Crippen LogP contribution in [0.4, 0.5) is 19.0 Å². The highest BCUT2D eigenvalue weighted by Crippen LogP contribution is 2.35. The summed E-state index contributed by atoms with van der Waals surface area (Å²) in [5.74, 6) is 0.366. The fourth-order valence-corrected chi connectivity index (χ4v) is 3.72. The summed E-state index contributed by atoms with van der Waals surface area (Å²) in [7, 11) is 0. The van der Waals surface area contributed by atoms with Crippen LogP contribution in [0.25, 0.3) is 11.0 Å². The highest BCUT2D eigenvalue weighted by Gasteiger charge is 2.29. The van der Waals surface area contributed by atoms with Gasteiger partial charge in [0, 0.05) is 17.0 Å². The zero-order chi connectivity index (χ0) is 18.9. The number of furan rings is 1. The Morgan fingerprint density at radius 2 is 2.04 bits per heavy atom. The summed E-state index contributed by atoms with van der Waals surface area (Å²) >= 11 is 2.79. The van der Waals surface area contributed by atoms with Crippen LogP contribution in [0.1, 0.15) is 23.4 Å². The summed E-state index contributed by atoms with van der Waals surface area (Å²) in [4.78, 5) is 12.9. The number of nitrogens with zero attached hydrogens (tertiary/aromatic N) is 3. The van der Waals surface area contributed by atoms with Gasteiger partial charge in [0.2, 0.25) is 0 Å². The number of fused-ring (bicyclic) bond motifs is 1. The molecule has 0 fully saturated rings. The minimum atomic E-state index is -4.30. The van der Waals surface area contributed by atoms with Gasteiger partial charge in [0.1, 0.15) is 10.8 Å². The van der Waals surface area contributed by atoms with Gasteiger partial charge < -0.3 is 10.2 Å². The van der Waals surface area contributed by atoms with Crippen molar-refractivity contribution in [3.05, 3.63) is 35.9 Å². The van der Waals surface area contributed by atoms with E-state index in [1.165, 1.54) is 29.7 Å². The molecule has 1 atom stereocenters. The van der Waals surface area contributed by atoms with Crippen molar-refractivity contribution in [1.82, 2.24) is 15.0 Å². The van der Waals surface area contributed by atoms with Gasteiger partial charge in [-0.3, -0.25) is 4.98 Å². The fraction of sp³-hybridized carbons (Fsp3) is 0.312. The molecule has 0 radical (unpaired) electrons. The predicted octanol–water partition coefficient (Wildman–Crippen LogP) is 4.88. The third kappa shape index (κ3) is 4.42. The molecule has 3 heterocycles. The van der Waals surface area contributed by atoms with Crippen LogP contribution in [0.15, 0.2) is 39.2 Å². The predicted molar refractivity (Wildman–Crippen MR) is 96.3 cm³/mol. The minimum absolute atomic E-state index is 0.0956. The lowest BCUT2D eigenvalue weighted by Gasteiger charge is -2.11. The molecule has 0 aliphatic heterocycles. The summed E-state index contributed by atoms with van der Waals surface area (Å²) in [6, 6.07) is 3.30. The first kappa shape index (κ1) is 18.8. The maximum Gasteiger partial charge on any atom is 0.393 e. The molecule has 3 aromatic rings. The third-order valence-corrected chi connectivity index (χ3v) is 5.18. The van der Waals surface area contributed by atoms with Crippen LogP contribution in [-0.4, -0.2) is 27.4 Å². The lowest BCUT2D eigenvalue weighted by molar-refractivity contribution is -0.127. The van der Waals surface area contributed by atoms with E-state index in [2.05, 4.69) is 15.0 Å². The number of aromatic nitrogens is 3. The van der Waals surface area contributed by atoms with Crippen molar-refractivity contribution in [3.8, 4) is 0 Å². The quantitative estimate of drug-likeness (QED) is 0.371. The normalized spacial score (nSPS) is 13.3. The zero-order valence-corrected chi connectivity index (χ0v) is 15.5. The van der Waals surface area contributed by atoms with E-state index in [0.717, 1.165) is 11.3 Å². The van der Waals surface area contributed by atoms with Crippen LogP contribution in [0.3, 0.4) is 0 Å². The van der Waals surface area contributed by atoms with E-state index in [-0.39, 0.29) is 10.8 Å². The van der Waals surface area contributed by atoms with Crippen molar-refractivity contribution < 1.29 is 17.6 Å². The number of hydrogen-bond acceptors (Lipinski definition) is 7. The molecule has 5 nitrogen and oxygen atoms in total. The molecule has 0 aliphatic rings. The Hall–Kier alpha value is -1.94.